The number of allylic oxidation sites excluding steroid dienone is 2. The molecule has 0 radical (unpaired) electrons. The molecule has 2 aliphatic rings. The number of aliphatic hydroxyl groups excluding tert-OH is 8. The van der Waals surface area contributed by atoms with Crippen LogP contribution < -0.4 is 5.32 Å². The molecule has 9 N–H and O–H groups in total. The Morgan fingerprint density at radius 1 is 0.493 bits per heavy atom. The Hall–Kier alpha value is -1.27. The highest BCUT2D eigenvalue weighted by molar-refractivity contribution is 5.76. The number of nitrogens with one attached hydrogen (secondary N) is 1. The van der Waals surface area contributed by atoms with Gasteiger partial charge in [0.25, 0.3) is 0 Å². The molecule has 0 saturated carbocycles. The summed E-state index contributed by atoms with van der Waals surface area (Å²) < 4.78 is 22.8. The van der Waals surface area contributed by atoms with E-state index in [1.165, 1.54) is 173 Å². The highest BCUT2D eigenvalue weighted by Crippen LogP contribution is 2.30. The molecule has 0 bridgehead atoms. The third kappa shape index (κ3) is 30.2. The topological polar surface area (TPSA) is 228 Å². The van der Waals surface area contributed by atoms with Crippen LogP contribution in [0.5, 0.6) is 0 Å². The molecule has 2 heterocycles. The van der Waals surface area contributed by atoms with Crippen molar-refractivity contribution >= 4 is 5.91 Å². The molecule has 2 rings (SSSR count). The molecule has 0 spiro atoms. The first kappa shape index (κ1) is 65.8. The molecule has 2 aliphatic heterocycles. The number of carbonyl (C=O) groups is 1. The Morgan fingerprint density at radius 2 is 0.887 bits per heavy atom. The SMILES string of the molecule is CCCCCCCCCC/C=C\CCCCCCCCCCCCCC(=O)NC(COC1OC(CO)C(OC2OC(CO)C(O)C(O)C2O)C(O)C1O)C(O)CCCCCCCCCCCCCCCC. The number of amides is 1. The van der Waals surface area contributed by atoms with E-state index in [-0.39, 0.29) is 12.5 Å². The van der Waals surface area contributed by atoms with Gasteiger partial charge in [0.15, 0.2) is 12.6 Å². The van der Waals surface area contributed by atoms with Gasteiger partial charge in [0.1, 0.15) is 48.8 Å². The van der Waals surface area contributed by atoms with Crippen molar-refractivity contribution in [2.24, 2.45) is 0 Å². The molecular formula is C57H109NO13. The van der Waals surface area contributed by atoms with E-state index in [0.29, 0.717) is 12.8 Å². The van der Waals surface area contributed by atoms with Gasteiger partial charge in [0.05, 0.1) is 32.0 Å². The fraction of sp³-hybridized carbons (Fsp3) is 0.947. The van der Waals surface area contributed by atoms with Crippen molar-refractivity contribution in [3.63, 3.8) is 0 Å². The van der Waals surface area contributed by atoms with Crippen LogP contribution in [0.25, 0.3) is 0 Å². The molecule has 420 valence electrons. The van der Waals surface area contributed by atoms with Crippen molar-refractivity contribution in [2.45, 2.75) is 325 Å². The lowest BCUT2D eigenvalue weighted by Crippen LogP contribution is -2.65. The number of unbranched alkanes of at least 4 members (excludes halogenated alkanes) is 32. The first-order valence-electron chi connectivity index (χ1n) is 29.4. The van der Waals surface area contributed by atoms with Crippen LogP contribution in [0.15, 0.2) is 12.2 Å². The number of carbonyl (C=O) groups excluding carboxylic acids is 1. The molecule has 1 amide bonds. The van der Waals surface area contributed by atoms with Gasteiger partial charge < -0.3 is 65.1 Å². The molecule has 71 heavy (non-hydrogen) atoms. The molecule has 2 fully saturated rings. The molecule has 2 saturated heterocycles. The molecule has 0 aromatic rings. The molecule has 12 unspecified atom stereocenters. The van der Waals surface area contributed by atoms with Gasteiger partial charge in [-0.05, 0) is 38.5 Å². The van der Waals surface area contributed by atoms with Crippen LogP contribution in [-0.2, 0) is 23.7 Å². The number of rotatable bonds is 47. The predicted molar refractivity (Wildman–Crippen MR) is 282 cm³/mol. The van der Waals surface area contributed by atoms with E-state index < -0.39 is 86.8 Å². The monoisotopic (exact) mass is 1020 g/mol. The normalized spacial score (nSPS) is 25.8. The van der Waals surface area contributed by atoms with Crippen LogP contribution in [-0.4, -0.2) is 140 Å². The maximum atomic E-state index is 13.3. The summed E-state index contributed by atoms with van der Waals surface area (Å²) >= 11 is 0. The van der Waals surface area contributed by atoms with E-state index in [1.54, 1.807) is 0 Å². The van der Waals surface area contributed by atoms with E-state index in [9.17, 15) is 45.6 Å². The van der Waals surface area contributed by atoms with Gasteiger partial charge >= 0.3 is 0 Å². The third-order valence-electron chi connectivity index (χ3n) is 14.7. The highest BCUT2D eigenvalue weighted by Gasteiger charge is 2.51. The van der Waals surface area contributed by atoms with Gasteiger partial charge in [0.2, 0.25) is 5.91 Å². The standard InChI is InChI=1S/C57H109NO13/c1-3-5-7-9-11-13-15-17-19-20-21-22-23-24-25-26-27-29-31-33-35-37-39-41-49(62)58-45(46(61)40-38-36-34-32-30-28-18-16-14-12-10-8-6-4-2)44-68-56-54(67)52(65)55(48(43-60)70-56)71-57-53(66)51(64)50(63)47(42-59)69-57/h20-21,45-48,50-57,59-61,63-67H,3-19,22-44H2,1-2H3,(H,58,62)/b21-20-. The van der Waals surface area contributed by atoms with Crippen LogP contribution in [0.2, 0.25) is 0 Å². The Kier molecular flexibility index (Phi) is 40.7. The lowest BCUT2D eigenvalue weighted by molar-refractivity contribution is -0.359. The van der Waals surface area contributed by atoms with Crippen LogP contribution in [0.1, 0.15) is 251 Å². The Balaban J connectivity index is 1.73. The second-order valence-corrected chi connectivity index (χ2v) is 21.1. The van der Waals surface area contributed by atoms with E-state index in [4.69, 9.17) is 18.9 Å². The summed E-state index contributed by atoms with van der Waals surface area (Å²) in [5.74, 6) is -0.205. The first-order chi connectivity index (χ1) is 34.6. The van der Waals surface area contributed by atoms with E-state index >= 15 is 0 Å². The van der Waals surface area contributed by atoms with Gasteiger partial charge in [-0.25, -0.2) is 0 Å². The second kappa shape index (κ2) is 43.9. The minimum Gasteiger partial charge on any atom is -0.394 e. The van der Waals surface area contributed by atoms with Crippen molar-refractivity contribution < 1.29 is 64.6 Å². The number of aliphatic hydroxyl groups is 8. The highest BCUT2D eigenvalue weighted by atomic mass is 16.7. The fourth-order valence-electron chi connectivity index (χ4n) is 9.94. The lowest BCUT2D eigenvalue weighted by atomic mass is 9.97. The Morgan fingerprint density at radius 3 is 1.34 bits per heavy atom. The zero-order chi connectivity index (χ0) is 51.7. The minimum absolute atomic E-state index is 0.205. The summed E-state index contributed by atoms with van der Waals surface area (Å²) in [4.78, 5) is 13.3. The molecule has 0 aromatic heterocycles. The van der Waals surface area contributed by atoms with Gasteiger partial charge in [-0.1, -0.05) is 219 Å². The molecule has 0 aliphatic carbocycles. The van der Waals surface area contributed by atoms with Gasteiger partial charge in [-0.3, -0.25) is 4.79 Å². The van der Waals surface area contributed by atoms with Gasteiger partial charge in [0, 0.05) is 6.42 Å². The van der Waals surface area contributed by atoms with Crippen LogP contribution >= 0.6 is 0 Å². The van der Waals surface area contributed by atoms with Crippen molar-refractivity contribution in [1.82, 2.24) is 5.32 Å². The van der Waals surface area contributed by atoms with Crippen LogP contribution in [0.4, 0.5) is 0 Å². The average Bonchev–Trinajstić information content (AvgIpc) is 3.37. The summed E-state index contributed by atoms with van der Waals surface area (Å²) in [5, 5.41) is 87.2. The molecule has 14 heteroatoms. The summed E-state index contributed by atoms with van der Waals surface area (Å²) in [6, 6.07) is -0.825. The zero-order valence-electron chi connectivity index (χ0n) is 45.0. The summed E-state index contributed by atoms with van der Waals surface area (Å²) in [7, 11) is 0. The molecular weight excluding hydrogens is 907 g/mol. The summed E-state index contributed by atoms with van der Waals surface area (Å²) in [5.41, 5.74) is 0. The quantitative estimate of drug-likeness (QED) is 0.0205. The van der Waals surface area contributed by atoms with Crippen LogP contribution in [0.3, 0.4) is 0 Å². The van der Waals surface area contributed by atoms with E-state index in [1.807, 2.05) is 0 Å². The third-order valence-corrected chi connectivity index (χ3v) is 14.7. The summed E-state index contributed by atoms with van der Waals surface area (Å²) in [6.07, 6.45) is 32.1. The Labute approximate surface area is 431 Å². The van der Waals surface area contributed by atoms with E-state index in [0.717, 1.165) is 51.4 Å². The fourth-order valence-corrected chi connectivity index (χ4v) is 9.94. The van der Waals surface area contributed by atoms with E-state index in [2.05, 4.69) is 31.3 Å². The average molecular weight is 1020 g/mol. The Bertz CT molecular complexity index is 1240. The lowest BCUT2D eigenvalue weighted by Gasteiger charge is -2.46. The zero-order valence-corrected chi connectivity index (χ0v) is 45.0. The maximum absolute atomic E-state index is 13.3. The van der Waals surface area contributed by atoms with Gasteiger partial charge in [-0.15, -0.1) is 0 Å². The molecule has 14 nitrogen and oxygen atoms in total. The molecule has 0 aromatic carbocycles. The summed E-state index contributed by atoms with van der Waals surface area (Å²) in [6.45, 7) is 2.88. The van der Waals surface area contributed by atoms with Crippen molar-refractivity contribution in [3.8, 4) is 0 Å². The second-order valence-electron chi connectivity index (χ2n) is 21.1. The van der Waals surface area contributed by atoms with Crippen LogP contribution in [0, 0.1) is 0 Å². The van der Waals surface area contributed by atoms with Crippen molar-refractivity contribution in [1.29, 1.82) is 0 Å². The number of hydrogen-bond donors (Lipinski definition) is 9. The number of ether oxygens (including phenoxy) is 4. The number of hydrogen-bond acceptors (Lipinski definition) is 13. The minimum atomic E-state index is -1.78. The predicted octanol–water partition coefficient (Wildman–Crippen LogP) is 9.50. The van der Waals surface area contributed by atoms with Gasteiger partial charge in [-0.2, -0.15) is 0 Å². The largest absolute Gasteiger partial charge is 0.394 e. The van der Waals surface area contributed by atoms with Crippen molar-refractivity contribution in [2.75, 3.05) is 19.8 Å². The first-order valence-corrected chi connectivity index (χ1v) is 29.4. The smallest absolute Gasteiger partial charge is 0.220 e. The molecule has 12 atom stereocenters. The van der Waals surface area contributed by atoms with Crippen molar-refractivity contribution in [3.05, 3.63) is 12.2 Å². The maximum Gasteiger partial charge on any atom is 0.220 e.